The average molecular weight is 361 g/mol. The Bertz CT molecular complexity index is 516. The summed E-state index contributed by atoms with van der Waals surface area (Å²) in [5.74, 6) is -1.16. The normalized spacial score (nSPS) is 15.6. The van der Waals surface area contributed by atoms with E-state index in [-0.39, 0.29) is 0 Å². The maximum atomic E-state index is 12.1. The number of amides is 2. The first-order valence-electron chi connectivity index (χ1n) is 6.34. The van der Waals surface area contributed by atoms with Gasteiger partial charge in [0, 0.05) is 29.1 Å². The van der Waals surface area contributed by atoms with Crippen molar-refractivity contribution in [1.82, 2.24) is 10.2 Å². The van der Waals surface area contributed by atoms with E-state index in [1.165, 1.54) is 0 Å². The van der Waals surface area contributed by atoms with Crippen molar-refractivity contribution in [3.05, 3.63) is 27.7 Å². The molecule has 0 unspecified atom stereocenters. The van der Waals surface area contributed by atoms with Crippen molar-refractivity contribution in [1.29, 1.82) is 0 Å². The molecule has 0 aromatic heterocycles. The summed E-state index contributed by atoms with van der Waals surface area (Å²) in [5, 5.41) is 6.27. The van der Waals surface area contributed by atoms with Crippen LogP contribution in [-0.4, -0.2) is 42.9 Å². The van der Waals surface area contributed by atoms with Gasteiger partial charge in [0.1, 0.15) is 0 Å². The molecule has 1 saturated heterocycles. The number of nitrogens with one attached hydrogen (secondary N) is 2. The van der Waals surface area contributed by atoms with Gasteiger partial charge in [-0.15, -0.1) is 0 Å². The molecule has 0 atom stereocenters. The number of hydrogen-bond donors (Lipinski definition) is 2. The van der Waals surface area contributed by atoms with E-state index in [1.54, 1.807) is 23.1 Å². The van der Waals surface area contributed by atoms with Crippen LogP contribution in [0.4, 0.5) is 5.69 Å². The maximum absolute atomic E-state index is 12.1. The van der Waals surface area contributed by atoms with Crippen LogP contribution in [0.3, 0.4) is 0 Å². The zero-order valence-corrected chi connectivity index (χ0v) is 13.1. The molecule has 1 aromatic rings. The lowest BCUT2D eigenvalue weighted by Gasteiger charge is -2.19. The van der Waals surface area contributed by atoms with Crippen LogP contribution in [0.5, 0.6) is 0 Å². The molecule has 0 aliphatic carbocycles. The van der Waals surface area contributed by atoms with Gasteiger partial charge < -0.3 is 15.5 Å². The Morgan fingerprint density at radius 3 is 2.90 bits per heavy atom. The predicted molar refractivity (Wildman–Crippen MR) is 81.8 cm³/mol. The Balaban J connectivity index is 2.03. The summed E-state index contributed by atoms with van der Waals surface area (Å²) in [7, 11) is 0. The topological polar surface area (TPSA) is 61.4 Å². The number of carbonyl (C=O) groups is 2. The lowest BCUT2D eigenvalue weighted by Crippen LogP contribution is -2.41. The number of benzene rings is 1. The van der Waals surface area contributed by atoms with Crippen molar-refractivity contribution in [2.45, 2.75) is 6.42 Å². The van der Waals surface area contributed by atoms with E-state index in [0.717, 1.165) is 13.0 Å². The largest absolute Gasteiger partial charge is 0.333 e. The van der Waals surface area contributed by atoms with Gasteiger partial charge in [-0.1, -0.05) is 11.6 Å². The van der Waals surface area contributed by atoms with E-state index in [4.69, 9.17) is 11.6 Å². The van der Waals surface area contributed by atoms with Crippen LogP contribution >= 0.6 is 27.5 Å². The smallest absolute Gasteiger partial charge is 0.313 e. The Hall–Kier alpha value is -1.11. The molecule has 1 aliphatic heterocycles. The number of rotatable bonds is 1. The first-order chi connectivity index (χ1) is 9.58. The second kappa shape index (κ2) is 7.06. The van der Waals surface area contributed by atoms with Crippen LogP contribution in [0.25, 0.3) is 0 Å². The summed E-state index contributed by atoms with van der Waals surface area (Å²) >= 11 is 9.18. The summed E-state index contributed by atoms with van der Waals surface area (Å²) in [6.07, 6.45) is 0.847. The highest BCUT2D eigenvalue weighted by Crippen LogP contribution is 2.25. The summed E-state index contributed by atoms with van der Waals surface area (Å²) < 4.78 is 0.681. The van der Waals surface area contributed by atoms with E-state index in [9.17, 15) is 9.59 Å². The highest BCUT2D eigenvalue weighted by Gasteiger charge is 2.23. The van der Waals surface area contributed by atoms with Crippen molar-refractivity contribution < 1.29 is 9.59 Å². The molecule has 108 valence electrons. The Labute approximate surface area is 130 Å². The van der Waals surface area contributed by atoms with Gasteiger partial charge in [-0.2, -0.15) is 0 Å². The molecule has 0 radical (unpaired) electrons. The van der Waals surface area contributed by atoms with Crippen LogP contribution in [0.15, 0.2) is 22.7 Å². The highest BCUT2D eigenvalue weighted by molar-refractivity contribution is 9.10. The number of hydrogen-bond acceptors (Lipinski definition) is 3. The van der Waals surface area contributed by atoms with E-state index in [1.807, 2.05) is 0 Å². The SMILES string of the molecule is O=C(Nc1cc(Cl)ccc1Br)C(=O)N1CCCNCC1. The molecule has 0 spiro atoms. The number of halogens is 2. The molecule has 20 heavy (non-hydrogen) atoms. The molecule has 1 heterocycles. The van der Waals surface area contributed by atoms with Crippen molar-refractivity contribution in [3.8, 4) is 0 Å². The minimum absolute atomic E-state index is 0.490. The molecule has 1 fully saturated rings. The third-order valence-corrected chi connectivity index (χ3v) is 3.92. The van der Waals surface area contributed by atoms with Crippen LogP contribution in [-0.2, 0) is 9.59 Å². The van der Waals surface area contributed by atoms with Crippen molar-refractivity contribution in [3.63, 3.8) is 0 Å². The number of carbonyl (C=O) groups excluding carboxylic acids is 2. The van der Waals surface area contributed by atoms with Gasteiger partial charge in [0.15, 0.2) is 0 Å². The molecular weight excluding hydrogens is 346 g/mol. The fraction of sp³-hybridized carbons (Fsp3) is 0.385. The maximum Gasteiger partial charge on any atom is 0.313 e. The monoisotopic (exact) mass is 359 g/mol. The molecular formula is C13H15BrClN3O2. The van der Waals surface area contributed by atoms with Gasteiger partial charge in [0.05, 0.1) is 5.69 Å². The molecule has 2 rings (SSSR count). The molecule has 1 aliphatic rings. The van der Waals surface area contributed by atoms with Gasteiger partial charge in [-0.25, -0.2) is 0 Å². The van der Waals surface area contributed by atoms with Gasteiger partial charge in [0.25, 0.3) is 0 Å². The van der Waals surface area contributed by atoms with Gasteiger partial charge in [-0.3, -0.25) is 9.59 Å². The Morgan fingerprint density at radius 2 is 2.10 bits per heavy atom. The Morgan fingerprint density at radius 1 is 1.30 bits per heavy atom. The molecule has 5 nitrogen and oxygen atoms in total. The second-order valence-electron chi connectivity index (χ2n) is 4.47. The standard InChI is InChI=1S/C13H15BrClN3O2/c14-10-3-2-9(15)8-11(10)17-12(19)13(20)18-6-1-4-16-5-7-18/h2-3,8,16H,1,4-7H2,(H,17,19). The van der Waals surface area contributed by atoms with E-state index >= 15 is 0 Å². The van der Waals surface area contributed by atoms with Gasteiger partial charge in [-0.05, 0) is 47.1 Å². The molecule has 7 heteroatoms. The van der Waals surface area contributed by atoms with Crippen LogP contribution in [0.2, 0.25) is 5.02 Å². The zero-order chi connectivity index (χ0) is 14.5. The van der Waals surface area contributed by atoms with Crippen LogP contribution in [0, 0.1) is 0 Å². The third-order valence-electron chi connectivity index (χ3n) is 3.00. The van der Waals surface area contributed by atoms with E-state index in [2.05, 4.69) is 26.6 Å². The summed E-state index contributed by atoms with van der Waals surface area (Å²) in [4.78, 5) is 25.7. The molecule has 0 bridgehead atoms. The summed E-state index contributed by atoms with van der Waals surface area (Å²) in [6.45, 7) is 2.71. The minimum atomic E-state index is -0.644. The zero-order valence-electron chi connectivity index (χ0n) is 10.8. The molecule has 2 N–H and O–H groups in total. The van der Waals surface area contributed by atoms with E-state index in [0.29, 0.717) is 34.8 Å². The van der Waals surface area contributed by atoms with Crippen molar-refractivity contribution in [2.24, 2.45) is 0 Å². The number of nitrogens with zero attached hydrogens (tertiary/aromatic N) is 1. The quantitative estimate of drug-likeness (QED) is 0.752. The first-order valence-corrected chi connectivity index (χ1v) is 7.51. The fourth-order valence-corrected chi connectivity index (χ4v) is 2.48. The molecule has 2 amide bonds. The molecule has 1 aromatic carbocycles. The van der Waals surface area contributed by atoms with Gasteiger partial charge in [0.2, 0.25) is 0 Å². The van der Waals surface area contributed by atoms with E-state index < -0.39 is 11.8 Å². The lowest BCUT2D eigenvalue weighted by molar-refractivity contribution is -0.143. The highest BCUT2D eigenvalue weighted by atomic mass is 79.9. The number of anilines is 1. The second-order valence-corrected chi connectivity index (χ2v) is 5.76. The average Bonchev–Trinajstić information content (AvgIpc) is 2.71. The minimum Gasteiger partial charge on any atom is -0.333 e. The summed E-state index contributed by atoms with van der Waals surface area (Å²) in [5.41, 5.74) is 0.490. The van der Waals surface area contributed by atoms with Crippen LogP contribution in [0.1, 0.15) is 6.42 Å². The lowest BCUT2D eigenvalue weighted by atomic mass is 10.3. The molecule has 0 saturated carbocycles. The third kappa shape index (κ3) is 3.94. The fourth-order valence-electron chi connectivity index (χ4n) is 1.96. The summed E-state index contributed by atoms with van der Waals surface area (Å²) in [6, 6.07) is 5.02. The van der Waals surface area contributed by atoms with Crippen molar-refractivity contribution >= 4 is 45.0 Å². The van der Waals surface area contributed by atoms with Crippen molar-refractivity contribution in [2.75, 3.05) is 31.5 Å². The predicted octanol–water partition coefficient (Wildman–Crippen LogP) is 1.86. The Kier molecular flexibility index (Phi) is 5.39. The van der Waals surface area contributed by atoms with Crippen LogP contribution < -0.4 is 10.6 Å². The first kappa shape index (κ1) is 15.3. The van der Waals surface area contributed by atoms with Gasteiger partial charge >= 0.3 is 11.8 Å².